The van der Waals surface area contributed by atoms with E-state index in [0.29, 0.717) is 30.9 Å². The van der Waals surface area contributed by atoms with Crippen LogP contribution in [0.2, 0.25) is 0 Å². The molecule has 3 atom stereocenters. The molecule has 1 aromatic heterocycles. The molecule has 19 heavy (non-hydrogen) atoms. The number of nitrogens with zero attached hydrogens (tertiary/aromatic N) is 1. The minimum absolute atomic E-state index is 0. The fraction of sp³-hybridized carbons (Fsp3) is 0.643. The third-order valence-electron chi connectivity index (χ3n) is 3.94. The molecule has 1 saturated carbocycles. The Balaban J connectivity index is 0.00000133. The smallest absolute Gasteiger partial charge is 0.137 e. The fourth-order valence-corrected chi connectivity index (χ4v) is 2.52. The lowest BCUT2D eigenvalue weighted by Crippen LogP contribution is -2.46. The maximum Gasteiger partial charge on any atom is 0.137 e. The summed E-state index contributed by atoms with van der Waals surface area (Å²) in [7, 11) is 0. The quantitative estimate of drug-likeness (QED) is 0.873. The Hall–Kier alpha value is -0.870. The molecule has 106 valence electrons. The first-order valence-electron chi connectivity index (χ1n) is 6.74. The van der Waals surface area contributed by atoms with E-state index in [9.17, 15) is 4.39 Å². The van der Waals surface area contributed by atoms with Crippen LogP contribution in [0.15, 0.2) is 18.5 Å². The molecule has 2 aliphatic rings. The van der Waals surface area contributed by atoms with Crippen LogP contribution in [0.5, 0.6) is 5.75 Å². The molecule has 1 aliphatic carbocycles. The summed E-state index contributed by atoms with van der Waals surface area (Å²) >= 11 is 0. The molecule has 2 fully saturated rings. The van der Waals surface area contributed by atoms with Gasteiger partial charge in [0.2, 0.25) is 0 Å². The van der Waals surface area contributed by atoms with Gasteiger partial charge < -0.3 is 10.1 Å². The van der Waals surface area contributed by atoms with Gasteiger partial charge in [0.25, 0.3) is 0 Å². The van der Waals surface area contributed by atoms with E-state index >= 15 is 0 Å². The van der Waals surface area contributed by atoms with Crippen molar-refractivity contribution in [1.29, 1.82) is 0 Å². The predicted octanol–water partition coefficient (Wildman–Crippen LogP) is 2.71. The highest BCUT2D eigenvalue weighted by Crippen LogP contribution is 2.49. The molecule has 1 saturated heterocycles. The van der Waals surface area contributed by atoms with Crippen molar-refractivity contribution in [3.05, 3.63) is 24.0 Å². The van der Waals surface area contributed by atoms with Gasteiger partial charge in [-0.15, -0.1) is 12.4 Å². The molecule has 0 amide bonds. The molecular formula is C14H20ClFN2O. The van der Waals surface area contributed by atoms with Gasteiger partial charge in [0.1, 0.15) is 12.4 Å². The molecule has 5 heteroatoms. The lowest BCUT2D eigenvalue weighted by molar-refractivity contribution is 0.217. The van der Waals surface area contributed by atoms with Crippen LogP contribution in [0.25, 0.3) is 0 Å². The van der Waals surface area contributed by atoms with Crippen LogP contribution in [0, 0.1) is 5.92 Å². The summed E-state index contributed by atoms with van der Waals surface area (Å²) in [5.41, 5.74) is 1.20. The van der Waals surface area contributed by atoms with Crippen molar-refractivity contribution >= 4 is 12.4 Å². The monoisotopic (exact) mass is 286 g/mol. The van der Waals surface area contributed by atoms with Gasteiger partial charge in [-0.1, -0.05) is 0 Å². The van der Waals surface area contributed by atoms with Crippen molar-refractivity contribution in [3.8, 4) is 5.75 Å². The number of rotatable bonds is 6. The van der Waals surface area contributed by atoms with Gasteiger partial charge in [0, 0.05) is 12.2 Å². The number of aromatic nitrogens is 1. The number of ether oxygens (including phenoxy) is 1. The van der Waals surface area contributed by atoms with Gasteiger partial charge in [-0.25, -0.2) is 0 Å². The number of pyridine rings is 1. The normalized spacial score (nSPS) is 28.2. The minimum atomic E-state index is -0.210. The lowest BCUT2D eigenvalue weighted by atomic mass is 10.1. The van der Waals surface area contributed by atoms with Crippen molar-refractivity contribution < 1.29 is 9.13 Å². The first kappa shape index (κ1) is 14.5. The largest absolute Gasteiger partial charge is 0.490 e. The molecule has 0 unspecified atom stereocenters. The van der Waals surface area contributed by atoms with Crippen LogP contribution >= 0.6 is 12.4 Å². The van der Waals surface area contributed by atoms with Crippen LogP contribution in [0.3, 0.4) is 0 Å². The standard InChI is InChI=1S/C14H19FN2O.ClH/c15-3-1-10-6-14(10)11-5-13(8-16-7-11)18-9-12-2-4-17-12;/h5,7-8,10,12,14,17H,1-4,6,9H2;1H/t10-,12+,14-;/m1./s1. The summed E-state index contributed by atoms with van der Waals surface area (Å²) in [6.07, 6.45) is 6.61. The summed E-state index contributed by atoms with van der Waals surface area (Å²) < 4.78 is 18.0. The second-order valence-electron chi connectivity index (χ2n) is 5.28. The summed E-state index contributed by atoms with van der Waals surface area (Å²) in [5, 5.41) is 3.30. The Labute approximate surface area is 119 Å². The molecule has 1 aromatic rings. The predicted molar refractivity (Wildman–Crippen MR) is 74.8 cm³/mol. The van der Waals surface area contributed by atoms with Crippen molar-refractivity contribution in [2.75, 3.05) is 19.8 Å². The second-order valence-corrected chi connectivity index (χ2v) is 5.28. The van der Waals surface area contributed by atoms with Gasteiger partial charge in [-0.05, 0) is 49.3 Å². The minimum Gasteiger partial charge on any atom is -0.490 e. The van der Waals surface area contributed by atoms with Gasteiger partial charge in [-0.2, -0.15) is 0 Å². The van der Waals surface area contributed by atoms with Crippen LogP contribution in [0.4, 0.5) is 4.39 Å². The molecule has 0 aromatic carbocycles. The van der Waals surface area contributed by atoms with Crippen molar-refractivity contribution in [1.82, 2.24) is 10.3 Å². The van der Waals surface area contributed by atoms with Crippen molar-refractivity contribution in [2.24, 2.45) is 5.92 Å². The van der Waals surface area contributed by atoms with E-state index in [2.05, 4.69) is 16.4 Å². The Morgan fingerprint density at radius 1 is 1.42 bits per heavy atom. The molecule has 0 spiro atoms. The first-order chi connectivity index (χ1) is 8.86. The van der Waals surface area contributed by atoms with Gasteiger partial charge >= 0.3 is 0 Å². The number of alkyl halides is 1. The van der Waals surface area contributed by atoms with E-state index in [0.717, 1.165) is 18.7 Å². The zero-order valence-electron chi connectivity index (χ0n) is 10.8. The zero-order valence-corrected chi connectivity index (χ0v) is 11.7. The second kappa shape index (κ2) is 6.53. The van der Waals surface area contributed by atoms with E-state index in [4.69, 9.17) is 4.74 Å². The Morgan fingerprint density at radius 2 is 2.26 bits per heavy atom. The van der Waals surface area contributed by atoms with Crippen LogP contribution < -0.4 is 10.1 Å². The highest BCUT2D eigenvalue weighted by Gasteiger charge is 2.38. The number of hydrogen-bond acceptors (Lipinski definition) is 3. The Morgan fingerprint density at radius 3 is 2.95 bits per heavy atom. The maximum atomic E-state index is 12.3. The molecule has 0 radical (unpaired) electrons. The lowest BCUT2D eigenvalue weighted by Gasteiger charge is -2.27. The Bertz CT molecular complexity index is 414. The van der Waals surface area contributed by atoms with E-state index in [1.165, 1.54) is 12.0 Å². The van der Waals surface area contributed by atoms with Gasteiger partial charge in [0.05, 0.1) is 12.9 Å². The molecule has 3 rings (SSSR count). The van der Waals surface area contributed by atoms with Crippen molar-refractivity contribution in [2.45, 2.75) is 31.2 Å². The fourth-order valence-electron chi connectivity index (χ4n) is 2.52. The summed E-state index contributed by atoms with van der Waals surface area (Å²) in [6, 6.07) is 2.56. The molecule has 2 heterocycles. The summed E-state index contributed by atoms with van der Waals surface area (Å²) in [6.45, 7) is 1.60. The third kappa shape index (κ3) is 3.57. The topological polar surface area (TPSA) is 34.1 Å². The van der Waals surface area contributed by atoms with Gasteiger partial charge in [-0.3, -0.25) is 9.37 Å². The van der Waals surface area contributed by atoms with E-state index in [-0.39, 0.29) is 19.1 Å². The number of halogens is 2. The van der Waals surface area contributed by atoms with Gasteiger partial charge in [0.15, 0.2) is 0 Å². The summed E-state index contributed by atoms with van der Waals surface area (Å²) in [5.74, 6) is 1.85. The number of hydrogen-bond donors (Lipinski definition) is 1. The molecule has 0 bridgehead atoms. The van der Waals surface area contributed by atoms with Crippen LogP contribution in [-0.2, 0) is 0 Å². The van der Waals surface area contributed by atoms with E-state index in [1.54, 1.807) is 6.20 Å². The molecule has 3 nitrogen and oxygen atoms in total. The molecule has 1 N–H and O–H groups in total. The van der Waals surface area contributed by atoms with Crippen molar-refractivity contribution in [3.63, 3.8) is 0 Å². The highest BCUT2D eigenvalue weighted by molar-refractivity contribution is 5.85. The summed E-state index contributed by atoms with van der Waals surface area (Å²) in [4.78, 5) is 4.22. The maximum absolute atomic E-state index is 12.3. The van der Waals surface area contributed by atoms with Crippen LogP contribution in [-0.4, -0.2) is 30.9 Å². The number of nitrogens with one attached hydrogen (secondary N) is 1. The molecular weight excluding hydrogens is 267 g/mol. The average Bonchev–Trinajstić information content (AvgIpc) is 3.07. The zero-order chi connectivity index (χ0) is 12.4. The first-order valence-corrected chi connectivity index (χ1v) is 6.74. The van der Waals surface area contributed by atoms with E-state index < -0.39 is 0 Å². The van der Waals surface area contributed by atoms with Crippen LogP contribution in [0.1, 0.15) is 30.7 Å². The molecule has 1 aliphatic heterocycles. The SMILES string of the molecule is Cl.FCC[C@@H]1C[C@H]1c1cncc(OC[C@@H]2CCN2)c1. The average molecular weight is 287 g/mol. The van der Waals surface area contributed by atoms with E-state index in [1.807, 2.05) is 6.20 Å². The Kier molecular flexibility index (Phi) is 4.99. The third-order valence-corrected chi connectivity index (χ3v) is 3.94. The highest BCUT2D eigenvalue weighted by atomic mass is 35.5.